The summed E-state index contributed by atoms with van der Waals surface area (Å²) in [6, 6.07) is 8.18. The van der Waals surface area contributed by atoms with Crippen molar-refractivity contribution in [2.45, 2.75) is 40.5 Å². The molecule has 0 saturated heterocycles. The van der Waals surface area contributed by atoms with Gasteiger partial charge in [0.2, 0.25) is 0 Å². The van der Waals surface area contributed by atoms with Crippen LogP contribution in [0.25, 0.3) is 16.1 Å². The van der Waals surface area contributed by atoms with E-state index in [2.05, 4.69) is 17.1 Å². The maximum atomic E-state index is 12.5. The third kappa shape index (κ3) is 3.08. The van der Waals surface area contributed by atoms with Crippen LogP contribution in [0.2, 0.25) is 0 Å². The zero-order valence-electron chi connectivity index (χ0n) is 13.9. The lowest BCUT2D eigenvalue weighted by Gasteiger charge is -2.29. The molecule has 3 rings (SSSR count). The molecule has 2 aromatic rings. The van der Waals surface area contributed by atoms with Crippen LogP contribution in [0.3, 0.4) is 0 Å². The van der Waals surface area contributed by atoms with E-state index in [9.17, 15) is 9.90 Å². The lowest BCUT2D eigenvalue weighted by atomic mass is 9.76. The summed E-state index contributed by atoms with van der Waals surface area (Å²) in [4.78, 5) is 18.1. The summed E-state index contributed by atoms with van der Waals surface area (Å²) in [5, 5.41) is 11.3. The summed E-state index contributed by atoms with van der Waals surface area (Å²) in [6.07, 6.45) is 0.966. The Morgan fingerprint density at radius 3 is 2.39 bits per heavy atom. The normalized spacial score (nSPS) is 17.7. The maximum absolute atomic E-state index is 12.5. The predicted molar refractivity (Wildman–Crippen MR) is 94.6 cm³/mol. The van der Waals surface area contributed by atoms with Gasteiger partial charge in [-0.1, -0.05) is 43.7 Å². The smallest absolute Gasteiger partial charge is 0.169 e. The molecule has 120 valence electrons. The van der Waals surface area contributed by atoms with E-state index in [-0.39, 0.29) is 17.0 Å². The number of aliphatic hydroxyl groups excluding tert-OH is 1. The van der Waals surface area contributed by atoms with Gasteiger partial charge in [-0.05, 0) is 19.3 Å². The second kappa shape index (κ2) is 5.60. The number of aromatic nitrogens is 1. The zero-order valence-corrected chi connectivity index (χ0v) is 14.8. The Morgan fingerprint density at radius 2 is 1.78 bits per heavy atom. The fraction of sp³-hybridized carbons (Fsp3) is 0.368. The SMILES string of the molecule is Cc1ccc(-c2nc(C3=C(O)CC(C)(C)CC3=O)c(C)s2)cc1. The maximum Gasteiger partial charge on any atom is 0.169 e. The Morgan fingerprint density at radius 1 is 1.13 bits per heavy atom. The van der Waals surface area contributed by atoms with Crippen molar-refractivity contribution in [3.05, 3.63) is 46.2 Å². The van der Waals surface area contributed by atoms with Crippen molar-refractivity contribution < 1.29 is 9.90 Å². The van der Waals surface area contributed by atoms with Gasteiger partial charge in [-0.2, -0.15) is 0 Å². The predicted octanol–water partition coefficient (Wildman–Crippen LogP) is 5.09. The van der Waals surface area contributed by atoms with Crippen LogP contribution in [0.5, 0.6) is 0 Å². The van der Waals surface area contributed by atoms with Crippen LogP contribution in [-0.4, -0.2) is 15.9 Å². The molecule has 0 aliphatic heterocycles. The number of hydrogen-bond donors (Lipinski definition) is 1. The van der Waals surface area contributed by atoms with Gasteiger partial charge in [0.05, 0.1) is 11.3 Å². The van der Waals surface area contributed by atoms with Crippen LogP contribution in [0, 0.1) is 19.3 Å². The van der Waals surface area contributed by atoms with Gasteiger partial charge < -0.3 is 5.11 Å². The lowest BCUT2D eigenvalue weighted by Crippen LogP contribution is -2.25. The van der Waals surface area contributed by atoms with Crippen molar-refractivity contribution in [2.75, 3.05) is 0 Å². The molecule has 0 saturated carbocycles. The molecule has 1 aromatic carbocycles. The lowest BCUT2D eigenvalue weighted by molar-refractivity contribution is -0.116. The Balaban J connectivity index is 2.05. The number of carbonyl (C=O) groups excluding carboxylic acids is 1. The van der Waals surface area contributed by atoms with Gasteiger partial charge in [0.15, 0.2) is 5.78 Å². The van der Waals surface area contributed by atoms with Gasteiger partial charge in [-0.3, -0.25) is 4.79 Å². The molecule has 0 unspecified atom stereocenters. The molecule has 0 spiro atoms. The summed E-state index contributed by atoms with van der Waals surface area (Å²) in [5.74, 6) is 0.165. The Bertz CT molecular complexity index is 797. The molecular weight excluding hydrogens is 306 g/mol. The van der Waals surface area contributed by atoms with E-state index < -0.39 is 0 Å². The van der Waals surface area contributed by atoms with E-state index in [1.54, 1.807) is 11.3 Å². The van der Waals surface area contributed by atoms with Gasteiger partial charge in [0, 0.05) is 23.3 Å². The highest BCUT2D eigenvalue weighted by Gasteiger charge is 2.35. The molecule has 4 heteroatoms. The average molecular weight is 327 g/mol. The number of carbonyl (C=O) groups is 1. The third-order valence-electron chi connectivity index (χ3n) is 4.18. The molecule has 1 heterocycles. The van der Waals surface area contributed by atoms with Crippen LogP contribution >= 0.6 is 11.3 Å². The van der Waals surface area contributed by atoms with Crippen LogP contribution < -0.4 is 0 Å². The van der Waals surface area contributed by atoms with Gasteiger partial charge in [0.25, 0.3) is 0 Å². The first kappa shape index (κ1) is 15.9. The van der Waals surface area contributed by atoms with E-state index in [1.165, 1.54) is 5.56 Å². The first-order chi connectivity index (χ1) is 10.8. The molecule has 3 nitrogen and oxygen atoms in total. The molecule has 1 N–H and O–H groups in total. The van der Waals surface area contributed by atoms with Crippen LogP contribution in [0.1, 0.15) is 42.8 Å². The van der Waals surface area contributed by atoms with Gasteiger partial charge in [-0.25, -0.2) is 4.98 Å². The number of benzene rings is 1. The van der Waals surface area contributed by atoms with Gasteiger partial charge in [-0.15, -0.1) is 11.3 Å². The van der Waals surface area contributed by atoms with Crippen LogP contribution in [-0.2, 0) is 4.79 Å². The average Bonchev–Trinajstić information content (AvgIpc) is 2.79. The Labute approximate surface area is 140 Å². The number of Topliss-reactive ketones (excluding diaryl/α,β-unsaturated/α-hetero) is 1. The first-order valence-corrected chi connectivity index (χ1v) is 8.59. The summed E-state index contributed by atoms with van der Waals surface area (Å²) < 4.78 is 0. The number of hydrogen-bond acceptors (Lipinski definition) is 4. The molecular formula is C19H21NO2S. The van der Waals surface area contributed by atoms with E-state index in [4.69, 9.17) is 0 Å². The molecule has 0 atom stereocenters. The standard InChI is InChI=1S/C19H21NO2S/c1-11-5-7-13(8-6-11)18-20-17(12(2)23-18)16-14(21)9-19(3,4)10-15(16)22/h5-8,21H,9-10H2,1-4H3. The molecule has 1 aliphatic carbocycles. The fourth-order valence-corrected chi connectivity index (χ4v) is 3.93. The second-order valence-electron chi connectivity index (χ2n) is 7.05. The molecule has 0 radical (unpaired) electrons. The summed E-state index contributed by atoms with van der Waals surface area (Å²) in [6.45, 7) is 8.01. The number of aliphatic hydroxyl groups is 1. The fourth-order valence-electron chi connectivity index (χ4n) is 3.00. The third-order valence-corrected chi connectivity index (χ3v) is 5.20. The van der Waals surface area contributed by atoms with Gasteiger partial charge >= 0.3 is 0 Å². The highest BCUT2D eigenvalue weighted by Crippen LogP contribution is 2.41. The quantitative estimate of drug-likeness (QED) is 0.836. The van der Waals surface area contributed by atoms with Crippen molar-refractivity contribution in [1.82, 2.24) is 4.98 Å². The molecule has 1 aliphatic rings. The largest absolute Gasteiger partial charge is 0.511 e. The van der Waals surface area contributed by atoms with E-state index in [1.807, 2.05) is 39.8 Å². The van der Waals surface area contributed by atoms with E-state index >= 15 is 0 Å². The minimum Gasteiger partial charge on any atom is -0.511 e. The minimum atomic E-state index is -0.186. The van der Waals surface area contributed by atoms with E-state index in [0.717, 1.165) is 15.4 Å². The van der Waals surface area contributed by atoms with Crippen molar-refractivity contribution in [2.24, 2.45) is 5.41 Å². The molecule has 23 heavy (non-hydrogen) atoms. The highest BCUT2D eigenvalue weighted by atomic mass is 32.1. The number of nitrogens with zero attached hydrogens (tertiary/aromatic N) is 1. The number of aryl methyl sites for hydroxylation is 2. The van der Waals surface area contributed by atoms with E-state index in [0.29, 0.717) is 24.1 Å². The molecule has 0 bridgehead atoms. The Hall–Kier alpha value is -1.94. The molecule has 0 fully saturated rings. The van der Waals surface area contributed by atoms with Crippen LogP contribution in [0.4, 0.5) is 0 Å². The second-order valence-corrected chi connectivity index (χ2v) is 8.26. The molecule has 0 amide bonds. The monoisotopic (exact) mass is 327 g/mol. The highest BCUT2D eigenvalue weighted by molar-refractivity contribution is 7.15. The van der Waals surface area contributed by atoms with Crippen molar-refractivity contribution in [3.8, 4) is 10.6 Å². The first-order valence-electron chi connectivity index (χ1n) is 7.77. The number of allylic oxidation sites excluding steroid dienone is 2. The van der Waals surface area contributed by atoms with Crippen LogP contribution in [0.15, 0.2) is 30.0 Å². The molecule has 1 aromatic heterocycles. The van der Waals surface area contributed by atoms with Crippen molar-refractivity contribution >= 4 is 22.7 Å². The minimum absolute atomic E-state index is 0.0115. The van der Waals surface area contributed by atoms with Gasteiger partial charge in [0.1, 0.15) is 10.8 Å². The van der Waals surface area contributed by atoms with Crippen molar-refractivity contribution in [1.29, 1.82) is 0 Å². The number of rotatable bonds is 2. The Kier molecular flexibility index (Phi) is 3.88. The topological polar surface area (TPSA) is 50.2 Å². The van der Waals surface area contributed by atoms with Crippen molar-refractivity contribution in [3.63, 3.8) is 0 Å². The summed E-state index contributed by atoms with van der Waals surface area (Å²) >= 11 is 1.56. The zero-order chi connectivity index (χ0) is 16.8. The summed E-state index contributed by atoms with van der Waals surface area (Å²) in [5.41, 5.74) is 3.11. The number of ketones is 1. The number of thiazole rings is 1. The summed E-state index contributed by atoms with van der Waals surface area (Å²) in [7, 11) is 0.